The summed E-state index contributed by atoms with van der Waals surface area (Å²) >= 11 is 2.11. The molecule has 3 atom stereocenters. The van der Waals surface area contributed by atoms with Gasteiger partial charge in [0.1, 0.15) is 5.50 Å². The van der Waals surface area contributed by atoms with E-state index in [2.05, 4.69) is 51.1 Å². The second-order valence-electron chi connectivity index (χ2n) is 7.55. The molecule has 23 heavy (non-hydrogen) atoms. The van der Waals surface area contributed by atoms with Gasteiger partial charge in [0.2, 0.25) is 0 Å². The average molecular weight is 330 g/mol. The van der Waals surface area contributed by atoms with Gasteiger partial charge in [0.25, 0.3) is 0 Å². The monoisotopic (exact) mass is 329 g/mol. The van der Waals surface area contributed by atoms with E-state index >= 15 is 0 Å². The highest BCUT2D eigenvalue weighted by Crippen LogP contribution is 2.49. The minimum atomic E-state index is 0.531. The number of likely N-dealkylation sites (tertiary alicyclic amines) is 1. The van der Waals surface area contributed by atoms with Gasteiger partial charge in [-0.1, -0.05) is 36.7 Å². The second-order valence-corrected chi connectivity index (χ2v) is 8.65. The van der Waals surface area contributed by atoms with Crippen molar-refractivity contribution >= 4 is 17.4 Å². The Morgan fingerprint density at radius 1 is 1.00 bits per heavy atom. The van der Waals surface area contributed by atoms with Crippen LogP contribution in [0.1, 0.15) is 44.9 Å². The minimum Gasteiger partial charge on any atom is -0.343 e. The molecule has 3 heterocycles. The Bertz CT molecular complexity index is 571. The first-order chi connectivity index (χ1) is 11.4. The number of rotatable bonds is 2. The number of hydrogen-bond donors (Lipinski definition) is 1. The highest BCUT2D eigenvalue weighted by Gasteiger charge is 2.45. The van der Waals surface area contributed by atoms with Gasteiger partial charge in [-0.3, -0.25) is 4.90 Å². The topological polar surface area (TPSA) is 18.5 Å². The number of fused-ring (bicyclic) bond motifs is 2. The molecule has 1 saturated carbocycles. The van der Waals surface area contributed by atoms with E-state index in [0.29, 0.717) is 5.50 Å². The summed E-state index contributed by atoms with van der Waals surface area (Å²) < 4.78 is 0. The van der Waals surface area contributed by atoms with Crippen LogP contribution in [0.3, 0.4) is 0 Å². The van der Waals surface area contributed by atoms with Crippen LogP contribution in [0.15, 0.2) is 29.2 Å². The molecule has 1 aliphatic carbocycles. The number of nitrogens with one attached hydrogen (secondary N) is 1. The molecule has 2 saturated heterocycles. The Balaban J connectivity index is 1.48. The van der Waals surface area contributed by atoms with Crippen LogP contribution < -0.4 is 10.2 Å². The number of anilines is 1. The van der Waals surface area contributed by atoms with Crippen molar-refractivity contribution in [3.05, 3.63) is 24.3 Å². The minimum absolute atomic E-state index is 0.531. The van der Waals surface area contributed by atoms with Crippen LogP contribution in [0.25, 0.3) is 0 Å². The third-order valence-electron chi connectivity index (χ3n) is 6.28. The number of benzene rings is 1. The summed E-state index contributed by atoms with van der Waals surface area (Å²) in [7, 11) is 0. The summed E-state index contributed by atoms with van der Waals surface area (Å²) in [4.78, 5) is 7.14. The molecule has 3 nitrogen and oxygen atoms in total. The Kier molecular flexibility index (Phi) is 3.80. The van der Waals surface area contributed by atoms with Crippen molar-refractivity contribution in [2.24, 2.45) is 0 Å². The molecule has 1 aromatic rings. The van der Waals surface area contributed by atoms with Crippen LogP contribution in [0.2, 0.25) is 0 Å². The molecule has 1 N–H and O–H groups in total. The summed E-state index contributed by atoms with van der Waals surface area (Å²) in [5, 5.41) is 3.75. The van der Waals surface area contributed by atoms with Gasteiger partial charge in [-0.05, 0) is 50.8 Å². The van der Waals surface area contributed by atoms with Gasteiger partial charge in [-0.15, -0.1) is 0 Å². The van der Waals surface area contributed by atoms with Crippen LogP contribution in [-0.4, -0.2) is 41.6 Å². The largest absolute Gasteiger partial charge is 0.343 e. The van der Waals surface area contributed by atoms with Gasteiger partial charge < -0.3 is 10.2 Å². The number of nitrogens with zero attached hydrogens (tertiary/aromatic N) is 2. The van der Waals surface area contributed by atoms with Gasteiger partial charge in [-0.25, -0.2) is 0 Å². The summed E-state index contributed by atoms with van der Waals surface area (Å²) in [6, 6.07) is 11.4. The van der Waals surface area contributed by atoms with Crippen molar-refractivity contribution in [3.8, 4) is 0 Å². The number of hydrogen-bond acceptors (Lipinski definition) is 4. The van der Waals surface area contributed by atoms with Crippen LogP contribution in [0.4, 0.5) is 5.69 Å². The molecule has 3 aliphatic heterocycles. The number of para-hydroxylation sites is 1. The first-order valence-corrected chi connectivity index (χ1v) is 10.3. The SMILES string of the molecule is c1ccc2c(c1)SC(N1CCCC3NCCC31)N2C1CCCC1. The van der Waals surface area contributed by atoms with E-state index in [0.717, 1.165) is 18.1 Å². The van der Waals surface area contributed by atoms with E-state index in [9.17, 15) is 0 Å². The maximum Gasteiger partial charge on any atom is 0.136 e. The zero-order valence-corrected chi connectivity index (χ0v) is 14.6. The molecule has 5 rings (SSSR count). The zero-order chi connectivity index (χ0) is 15.2. The second kappa shape index (κ2) is 5.98. The van der Waals surface area contributed by atoms with E-state index in [-0.39, 0.29) is 0 Å². The lowest BCUT2D eigenvalue weighted by atomic mass is 9.98. The van der Waals surface area contributed by atoms with Crippen molar-refractivity contribution in [2.45, 2.75) is 73.5 Å². The Hall–Kier alpha value is -0.710. The van der Waals surface area contributed by atoms with Crippen molar-refractivity contribution in [1.29, 1.82) is 0 Å². The standard InChI is InChI=1S/C19H27N3S/c1-2-7-14(6-1)22-17-9-3-4-10-18(17)23-19(22)21-13-5-8-15-16(21)11-12-20-15/h3-4,9-10,14-16,19-20H,1-2,5-8,11-13H2. The maximum atomic E-state index is 3.75. The molecule has 1 aromatic carbocycles. The van der Waals surface area contributed by atoms with Crippen molar-refractivity contribution < 1.29 is 0 Å². The zero-order valence-electron chi connectivity index (χ0n) is 13.8. The van der Waals surface area contributed by atoms with Crippen molar-refractivity contribution in [3.63, 3.8) is 0 Å². The van der Waals surface area contributed by atoms with E-state index in [1.807, 2.05) is 0 Å². The Morgan fingerprint density at radius 3 is 2.78 bits per heavy atom. The molecule has 4 heteroatoms. The third kappa shape index (κ3) is 2.41. The first kappa shape index (κ1) is 14.6. The van der Waals surface area contributed by atoms with Gasteiger partial charge in [0.15, 0.2) is 0 Å². The lowest BCUT2D eigenvalue weighted by Crippen LogP contribution is -2.57. The molecule has 0 amide bonds. The summed E-state index contributed by atoms with van der Waals surface area (Å²) in [6.07, 6.45) is 9.63. The van der Waals surface area contributed by atoms with Gasteiger partial charge >= 0.3 is 0 Å². The van der Waals surface area contributed by atoms with Gasteiger partial charge in [-0.2, -0.15) is 0 Å². The highest BCUT2D eigenvalue weighted by atomic mass is 32.2. The third-order valence-corrected chi connectivity index (χ3v) is 7.59. The van der Waals surface area contributed by atoms with Crippen molar-refractivity contribution in [2.75, 3.05) is 18.0 Å². The maximum absolute atomic E-state index is 3.75. The number of piperidine rings is 1. The predicted molar refractivity (Wildman–Crippen MR) is 97.0 cm³/mol. The van der Waals surface area contributed by atoms with E-state index in [1.54, 1.807) is 0 Å². The smallest absolute Gasteiger partial charge is 0.136 e. The molecule has 0 aromatic heterocycles. The fourth-order valence-electron chi connectivity index (χ4n) is 5.23. The average Bonchev–Trinajstić information content (AvgIpc) is 3.32. The molecule has 3 fully saturated rings. The van der Waals surface area contributed by atoms with Crippen molar-refractivity contribution in [1.82, 2.24) is 10.2 Å². The van der Waals surface area contributed by atoms with E-state index in [1.165, 1.54) is 68.6 Å². The molecule has 3 unspecified atom stereocenters. The van der Waals surface area contributed by atoms with E-state index < -0.39 is 0 Å². The van der Waals surface area contributed by atoms with Crippen LogP contribution in [0, 0.1) is 0 Å². The Morgan fingerprint density at radius 2 is 1.87 bits per heavy atom. The molecule has 0 spiro atoms. The van der Waals surface area contributed by atoms with Crippen LogP contribution >= 0.6 is 11.8 Å². The van der Waals surface area contributed by atoms with E-state index in [4.69, 9.17) is 0 Å². The summed E-state index contributed by atoms with van der Waals surface area (Å²) in [6.45, 7) is 2.48. The number of thioether (sulfide) groups is 1. The Labute approximate surface area is 143 Å². The molecule has 0 bridgehead atoms. The predicted octanol–water partition coefficient (Wildman–Crippen LogP) is 3.65. The van der Waals surface area contributed by atoms with Gasteiger partial charge in [0, 0.05) is 29.6 Å². The lowest BCUT2D eigenvalue weighted by molar-refractivity contribution is 0.121. The fraction of sp³-hybridized carbons (Fsp3) is 0.684. The quantitative estimate of drug-likeness (QED) is 0.892. The first-order valence-electron chi connectivity index (χ1n) is 9.45. The fourth-order valence-corrected chi connectivity index (χ4v) is 6.70. The lowest BCUT2D eigenvalue weighted by Gasteiger charge is -2.45. The summed E-state index contributed by atoms with van der Waals surface area (Å²) in [5.41, 5.74) is 2.03. The van der Waals surface area contributed by atoms with Crippen LogP contribution in [-0.2, 0) is 0 Å². The molecular weight excluding hydrogens is 302 g/mol. The van der Waals surface area contributed by atoms with Crippen LogP contribution in [0.5, 0.6) is 0 Å². The molecular formula is C19H27N3S. The molecule has 124 valence electrons. The summed E-state index contributed by atoms with van der Waals surface area (Å²) in [5.74, 6) is 0. The highest BCUT2D eigenvalue weighted by molar-refractivity contribution is 8.00. The molecule has 0 radical (unpaired) electrons. The molecule has 4 aliphatic rings. The normalized spacial score (nSPS) is 34.8. The van der Waals surface area contributed by atoms with Gasteiger partial charge in [0.05, 0.1) is 5.69 Å².